The first-order valence-corrected chi connectivity index (χ1v) is 10.0. The maximum Gasteiger partial charge on any atom is 0.295 e. The van der Waals surface area contributed by atoms with Gasteiger partial charge in [-0.3, -0.25) is 19.3 Å². The van der Waals surface area contributed by atoms with E-state index < -0.39 is 35.3 Å². The van der Waals surface area contributed by atoms with Crippen LogP contribution in [0.3, 0.4) is 0 Å². The van der Waals surface area contributed by atoms with Crippen LogP contribution in [-0.4, -0.2) is 17.5 Å². The molecule has 8 heteroatoms. The molecule has 1 saturated heterocycles. The van der Waals surface area contributed by atoms with Crippen molar-refractivity contribution in [3.63, 3.8) is 0 Å². The maximum absolute atomic E-state index is 14.3. The van der Waals surface area contributed by atoms with Crippen molar-refractivity contribution in [2.75, 3.05) is 10.6 Å². The van der Waals surface area contributed by atoms with Gasteiger partial charge in [-0.25, -0.2) is 4.39 Å². The Balaban J connectivity index is 1.89. The van der Waals surface area contributed by atoms with E-state index >= 15 is 0 Å². The molecule has 31 heavy (non-hydrogen) atoms. The lowest BCUT2D eigenvalue weighted by atomic mass is 9.86. The van der Waals surface area contributed by atoms with E-state index in [1.54, 1.807) is 30.3 Å². The molecule has 3 aromatic carbocycles. The number of hydrogen-bond donors (Lipinski definition) is 1. The van der Waals surface area contributed by atoms with Crippen LogP contribution in [-0.2, 0) is 9.59 Å². The number of hydrogen-bond acceptors (Lipinski definition) is 4. The zero-order valence-corrected chi connectivity index (χ0v) is 17.4. The first-order chi connectivity index (χ1) is 14.8. The van der Waals surface area contributed by atoms with Gasteiger partial charge in [-0.2, -0.15) is 0 Å². The monoisotopic (exact) mass is 456 g/mol. The van der Waals surface area contributed by atoms with Gasteiger partial charge in [-0.05, 0) is 48.0 Å². The highest BCUT2D eigenvalue weighted by Gasteiger charge is 2.52. The van der Waals surface area contributed by atoms with E-state index in [-0.39, 0.29) is 16.1 Å². The summed E-state index contributed by atoms with van der Waals surface area (Å²) in [6.07, 6.45) is 0. The molecule has 3 aromatic rings. The van der Waals surface area contributed by atoms with Crippen LogP contribution in [0, 0.1) is 11.7 Å². The van der Waals surface area contributed by atoms with Crippen LogP contribution >= 0.6 is 23.2 Å². The van der Waals surface area contributed by atoms with E-state index in [0.717, 1.165) is 6.07 Å². The molecule has 1 aliphatic rings. The van der Waals surface area contributed by atoms with Crippen molar-refractivity contribution in [3.8, 4) is 0 Å². The fourth-order valence-corrected chi connectivity index (χ4v) is 4.05. The number of anilines is 2. The average Bonchev–Trinajstić information content (AvgIpc) is 3.00. The summed E-state index contributed by atoms with van der Waals surface area (Å²) in [5.41, 5.74) is 6.86. The summed E-state index contributed by atoms with van der Waals surface area (Å²) in [6.45, 7) is 0. The fourth-order valence-electron chi connectivity index (χ4n) is 3.75. The molecule has 1 heterocycles. The normalized spacial score (nSPS) is 18.5. The number of halogens is 3. The van der Waals surface area contributed by atoms with E-state index in [9.17, 15) is 18.8 Å². The zero-order chi connectivity index (χ0) is 22.3. The van der Waals surface area contributed by atoms with Gasteiger partial charge in [-0.15, -0.1) is 0 Å². The lowest BCUT2D eigenvalue weighted by Gasteiger charge is -2.27. The number of nitrogens with zero attached hydrogens (tertiary/aromatic N) is 1. The van der Waals surface area contributed by atoms with Crippen LogP contribution < -0.4 is 10.6 Å². The predicted molar refractivity (Wildman–Crippen MR) is 117 cm³/mol. The van der Waals surface area contributed by atoms with E-state index in [1.165, 1.54) is 35.2 Å². The van der Waals surface area contributed by atoms with Gasteiger partial charge in [-0.1, -0.05) is 47.5 Å². The molecule has 2 atom stereocenters. The minimum absolute atomic E-state index is 0.118. The Morgan fingerprint density at radius 3 is 2.39 bits per heavy atom. The summed E-state index contributed by atoms with van der Waals surface area (Å²) in [4.78, 5) is 40.5. The molecule has 1 aliphatic heterocycles. The molecule has 1 fully saturated rings. The van der Waals surface area contributed by atoms with Gasteiger partial charge in [0.25, 0.3) is 5.91 Å². The zero-order valence-electron chi connectivity index (χ0n) is 15.9. The molecule has 1 amide bonds. The summed E-state index contributed by atoms with van der Waals surface area (Å²) >= 11 is 11.9. The number of benzene rings is 3. The molecule has 2 N–H and O–H groups in total. The summed E-state index contributed by atoms with van der Waals surface area (Å²) in [5.74, 6) is -4.49. The molecular formula is C23H15Cl2FN2O3. The van der Waals surface area contributed by atoms with Gasteiger partial charge in [0, 0.05) is 22.0 Å². The summed E-state index contributed by atoms with van der Waals surface area (Å²) in [7, 11) is 0. The van der Waals surface area contributed by atoms with Crippen molar-refractivity contribution in [1.29, 1.82) is 0 Å². The molecule has 156 valence electrons. The van der Waals surface area contributed by atoms with E-state index in [2.05, 4.69) is 0 Å². The van der Waals surface area contributed by atoms with Crippen LogP contribution in [0.5, 0.6) is 0 Å². The Hall–Kier alpha value is -3.22. The highest BCUT2D eigenvalue weighted by molar-refractivity contribution is 6.49. The van der Waals surface area contributed by atoms with Crippen molar-refractivity contribution in [1.82, 2.24) is 0 Å². The number of nitrogens with two attached hydrogens (primary N) is 1. The fraction of sp³-hybridized carbons (Fsp3) is 0.0870. The number of carbonyl (C=O) groups excluding carboxylic acids is 3. The Morgan fingerprint density at radius 2 is 1.71 bits per heavy atom. The highest BCUT2D eigenvalue weighted by Crippen LogP contribution is 2.42. The van der Waals surface area contributed by atoms with Crippen LogP contribution in [0.25, 0.3) is 0 Å². The molecule has 0 aromatic heterocycles. The standard InChI is InChI=1S/C23H15Cl2FN2O3/c24-14-4-2-6-16(11-14)28-20(12-7-8-17(25)18(26)10-12)19(22(30)23(28)31)21(29)13-3-1-5-15(27)9-13/h1-11,19-20H,27H2. The number of ketones is 2. The molecule has 0 bridgehead atoms. The second-order valence-electron chi connectivity index (χ2n) is 7.11. The maximum atomic E-state index is 14.3. The molecular weight excluding hydrogens is 442 g/mol. The molecule has 4 rings (SSSR count). The van der Waals surface area contributed by atoms with Crippen LogP contribution in [0.15, 0.2) is 66.7 Å². The number of Topliss-reactive ketones (excluding diaryl/α,β-unsaturated/α-hetero) is 2. The largest absolute Gasteiger partial charge is 0.399 e. The number of carbonyl (C=O) groups is 3. The van der Waals surface area contributed by atoms with Crippen molar-refractivity contribution < 1.29 is 18.8 Å². The smallest absolute Gasteiger partial charge is 0.295 e. The topological polar surface area (TPSA) is 80.5 Å². The van der Waals surface area contributed by atoms with Crippen molar-refractivity contribution in [2.45, 2.75) is 6.04 Å². The Morgan fingerprint density at radius 1 is 0.968 bits per heavy atom. The van der Waals surface area contributed by atoms with Crippen molar-refractivity contribution >= 4 is 52.1 Å². The number of rotatable bonds is 4. The van der Waals surface area contributed by atoms with Gasteiger partial charge in [0.05, 0.1) is 11.1 Å². The van der Waals surface area contributed by atoms with Crippen LogP contribution in [0.4, 0.5) is 15.8 Å². The molecule has 5 nitrogen and oxygen atoms in total. The molecule has 0 saturated carbocycles. The number of nitrogen functional groups attached to an aromatic ring is 1. The summed E-state index contributed by atoms with van der Waals surface area (Å²) in [5, 5.41) is 0.219. The van der Waals surface area contributed by atoms with E-state index in [1.807, 2.05) is 0 Å². The van der Waals surface area contributed by atoms with E-state index in [0.29, 0.717) is 16.4 Å². The van der Waals surface area contributed by atoms with E-state index in [4.69, 9.17) is 28.9 Å². The summed E-state index contributed by atoms with van der Waals surface area (Å²) in [6, 6.07) is 15.3. The van der Waals surface area contributed by atoms with Gasteiger partial charge >= 0.3 is 0 Å². The van der Waals surface area contributed by atoms with Gasteiger partial charge in [0.2, 0.25) is 5.78 Å². The Labute approximate surface area is 187 Å². The molecule has 0 aliphatic carbocycles. The van der Waals surface area contributed by atoms with Crippen LogP contribution in [0.2, 0.25) is 10.0 Å². The quantitative estimate of drug-likeness (QED) is 0.262. The second-order valence-corrected chi connectivity index (χ2v) is 7.95. The van der Waals surface area contributed by atoms with Gasteiger partial charge < -0.3 is 5.73 Å². The predicted octanol–water partition coefficient (Wildman–Crippen LogP) is 4.87. The molecule has 0 spiro atoms. The molecule has 2 unspecified atom stereocenters. The van der Waals surface area contributed by atoms with Crippen molar-refractivity contribution in [3.05, 3.63) is 93.7 Å². The lowest BCUT2D eigenvalue weighted by Crippen LogP contribution is -2.30. The minimum Gasteiger partial charge on any atom is -0.399 e. The third-order valence-electron chi connectivity index (χ3n) is 5.13. The minimum atomic E-state index is -1.39. The molecule has 0 radical (unpaired) electrons. The van der Waals surface area contributed by atoms with Crippen molar-refractivity contribution in [2.24, 2.45) is 5.92 Å². The first kappa shape index (κ1) is 21.0. The SMILES string of the molecule is Nc1cccc(C(=O)C2C(=O)C(=O)N(c3cccc(Cl)c3)C2c2ccc(Cl)c(F)c2)c1. The number of amides is 1. The average molecular weight is 457 g/mol. The Kier molecular flexibility index (Phi) is 5.52. The third kappa shape index (κ3) is 3.80. The van der Waals surface area contributed by atoms with Gasteiger partial charge in [0.15, 0.2) is 5.78 Å². The Bertz CT molecular complexity index is 1230. The van der Waals surface area contributed by atoms with Gasteiger partial charge in [0.1, 0.15) is 11.7 Å². The summed E-state index contributed by atoms with van der Waals surface area (Å²) < 4.78 is 14.3. The van der Waals surface area contributed by atoms with Crippen LogP contribution in [0.1, 0.15) is 22.0 Å². The second kappa shape index (κ2) is 8.13. The first-order valence-electron chi connectivity index (χ1n) is 9.25. The lowest BCUT2D eigenvalue weighted by molar-refractivity contribution is -0.135. The highest BCUT2D eigenvalue weighted by atomic mass is 35.5. The third-order valence-corrected chi connectivity index (χ3v) is 5.67.